The highest BCUT2D eigenvalue weighted by atomic mass is 79.9. The molecule has 0 unspecified atom stereocenters. The van der Waals surface area contributed by atoms with E-state index >= 15 is 0 Å². The number of halogens is 1. The van der Waals surface area contributed by atoms with Crippen molar-refractivity contribution in [2.75, 3.05) is 32.8 Å². The van der Waals surface area contributed by atoms with E-state index in [1.54, 1.807) is 0 Å². The molecule has 0 N–H and O–H groups in total. The minimum absolute atomic E-state index is 0.185. The van der Waals surface area contributed by atoms with E-state index < -0.39 is 5.60 Å². The summed E-state index contributed by atoms with van der Waals surface area (Å²) in [4.78, 5) is 21.0. The molecule has 0 radical (unpaired) electrons. The third-order valence-corrected chi connectivity index (χ3v) is 6.22. The Morgan fingerprint density at radius 2 is 1.79 bits per heavy atom. The van der Waals surface area contributed by atoms with Crippen LogP contribution in [0, 0.1) is 12.8 Å². The van der Waals surface area contributed by atoms with Gasteiger partial charge in [0.15, 0.2) is 0 Å². The van der Waals surface area contributed by atoms with Crippen molar-refractivity contribution < 1.29 is 14.3 Å². The third-order valence-electron chi connectivity index (χ3n) is 5.78. The zero-order valence-corrected chi connectivity index (χ0v) is 19.7. The summed E-state index contributed by atoms with van der Waals surface area (Å²) < 4.78 is 12.4. The summed E-state index contributed by atoms with van der Waals surface area (Å²) in [6.07, 6.45) is 4.62. The van der Waals surface area contributed by atoms with E-state index in [0.717, 1.165) is 48.8 Å². The molecule has 1 saturated carbocycles. The average molecular weight is 468 g/mol. The Kier molecular flexibility index (Phi) is 7.43. The lowest BCUT2D eigenvalue weighted by Crippen LogP contribution is -2.53. The Labute approximate surface area is 183 Å². The summed E-state index contributed by atoms with van der Waals surface area (Å²) in [5.41, 5.74) is 0.496. The van der Waals surface area contributed by atoms with Crippen molar-refractivity contribution >= 4 is 22.0 Å². The van der Waals surface area contributed by atoms with Crippen molar-refractivity contribution in [3.63, 3.8) is 0 Å². The van der Waals surface area contributed by atoms with Gasteiger partial charge in [-0.25, -0.2) is 9.78 Å². The summed E-state index contributed by atoms with van der Waals surface area (Å²) >= 11 is 3.39. The van der Waals surface area contributed by atoms with Crippen LogP contribution in [0.2, 0.25) is 0 Å². The molecule has 7 heteroatoms. The molecule has 0 atom stereocenters. The summed E-state index contributed by atoms with van der Waals surface area (Å²) in [5.74, 6) is 1.49. The number of hydrogen-bond donors (Lipinski definition) is 0. The van der Waals surface area contributed by atoms with Crippen LogP contribution in [0.4, 0.5) is 4.79 Å². The molecular formula is C22H34BrN3O3. The number of aryl methyl sites for hydroxylation is 1. The highest BCUT2D eigenvalue weighted by molar-refractivity contribution is 9.10. The molecule has 6 nitrogen and oxygen atoms in total. The number of carbonyl (C=O) groups excluding carboxylic acids is 1. The van der Waals surface area contributed by atoms with Crippen molar-refractivity contribution in [2.24, 2.45) is 5.92 Å². The Morgan fingerprint density at radius 3 is 2.38 bits per heavy atom. The molecule has 2 heterocycles. The van der Waals surface area contributed by atoms with E-state index in [4.69, 9.17) is 9.47 Å². The maximum Gasteiger partial charge on any atom is 0.410 e. The topological polar surface area (TPSA) is 54.9 Å². The van der Waals surface area contributed by atoms with Gasteiger partial charge in [0, 0.05) is 32.2 Å². The van der Waals surface area contributed by atoms with E-state index in [2.05, 4.69) is 25.8 Å². The fourth-order valence-corrected chi connectivity index (χ4v) is 4.55. The highest BCUT2D eigenvalue weighted by Gasteiger charge is 2.31. The van der Waals surface area contributed by atoms with Crippen LogP contribution in [0.3, 0.4) is 0 Å². The van der Waals surface area contributed by atoms with Crippen LogP contribution < -0.4 is 4.74 Å². The van der Waals surface area contributed by atoms with E-state index in [-0.39, 0.29) is 6.09 Å². The maximum absolute atomic E-state index is 12.2. The predicted octanol–water partition coefficient (Wildman–Crippen LogP) is 4.64. The lowest BCUT2D eigenvalue weighted by atomic mass is 9.85. The van der Waals surface area contributed by atoms with Gasteiger partial charge in [-0.1, -0.05) is 0 Å². The molecule has 1 aromatic heterocycles. The quantitative estimate of drug-likeness (QED) is 0.603. The number of aromatic nitrogens is 1. The fraction of sp³-hybridized carbons (Fsp3) is 0.727. The van der Waals surface area contributed by atoms with E-state index in [1.807, 2.05) is 44.7 Å². The van der Waals surface area contributed by atoms with Crippen molar-refractivity contribution in [3.8, 4) is 5.75 Å². The number of rotatable bonds is 4. The van der Waals surface area contributed by atoms with Crippen molar-refractivity contribution in [1.29, 1.82) is 0 Å². The fourth-order valence-electron chi connectivity index (χ4n) is 4.15. The normalized spacial score (nSPS) is 23.7. The van der Waals surface area contributed by atoms with Crippen LogP contribution in [-0.2, 0) is 4.74 Å². The van der Waals surface area contributed by atoms with Gasteiger partial charge in [-0.3, -0.25) is 4.90 Å². The van der Waals surface area contributed by atoms with E-state index in [9.17, 15) is 4.79 Å². The molecular weight excluding hydrogens is 434 g/mol. The minimum Gasteiger partial charge on any atom is -0.491 e. The second-order valence-corrected chi connectivity index (χ2v) is 10.0. The first-order chi connectivity index (χ1) is 13.7. The van der Waals surface area contributed by atoms with Gasteiger partial charge in [-0.05, 0) is 87.4 Å². The Hall–Kier alpha value is -1.34. The van der Waals surface area contributed by atoms with Gasteiger partial charge in [-0.2, -0.15) is 0 Å². The van der Waals surface area contributed by atoms with Crippen molar-refractivity contribution in [3.05, 3.63) is 22.4 Å². The van der Waals surface area contributed by atoms with Gasteiger partial charge < -0.3 is 14.4 Å². The number of amides is 1. The van der Waals surface area contributed by atoms with Gasteiger partial charge in [0.25, 0.3) is 0 Å². The average Bonchev–Trinajstić information content (AvgIpc) is 2.66. The first kappa shape index (κ1) is 22.3. The summed E-state index contributed by atoms with van der Waals surface area (Å²) in [5, 5.41) is 0. The zero-order valence-electron chi connectivity index (χ0n) is 18.1. The lowest BCUT2D eigenvalue weighted by Gasteiger charge is -2.42. The smallest absolute Gasteiger partial charge is 0.410 e. The van der Waals surface area contributed by atoms with Crippen LogP contribution in [0.15, 0.2) is 16.7 Å². The molecule has 2 fully saturated rings. The Balaban J connectivity index is 1.38. The first-order valence-electron chi connectivity index (χ1n) is 10.7. The van der Waals surface area contributed by atoms with Gasteiger partial charge in [-0.15, -0.1) is 0 Å². The molecule has 1 saturated heterocycles. The molecule has 1 aliphatic carbocycles. The van der Waals surface area contributed by atoms with Gasteiger partial charge >= 0.3 is 6.09 Å². The molecule has 162 valence electrons. The number of pyridine rings is 1. The highest BCUT2D eigenvalue weighted by Crippen LogP contribution is 2.29. The van der Waals surface area contributed by atoms with Crippen LogP contribution in [0.5, 0.6) is 5.75 Å². The van der Waals surface area contributed by atoms with Crippen LogP contribution in [0.25, 0.3) is 0 Å². The van der Waals surface area contributed by atoms with Crippen LogP contribution >= 0.6 is 15.9 Å². The molecule has 1 amide bonds. The number of nitrogens with zero attached hydrogens (tertiary/aromatic N) is 3. The Morgan fingerprint density at radius 1 is 1.14 bits per heavy atom. The standard InChI is InChI=1S/C22H34BrN3O3/c1-16-19(9-10-20(23)24-16)28-15-17-5-7-18(8-6-17)25-11-13-26(14-12-25)21(27)29-22(2,3)4/h9-10,17-18H,5-8,11-15H2,1-4H3. The maximum atomic E-state index is 12.2. The summed E-state index contributed by atoms with van der Waals surface area (Å²) in [7, 11) is 0. The summed E-state index contributed by atoms with van der Waals surface area (Å²) in [6.45, 7) is 11.9. The molecule has 0 bridgehead atoms. The zero-order chi connectivity index (χ0) is 21.0. The molecule has 0 aromatic carbocycles. The lowest BCUT2D eigenvalue weighted by molar-refractivity contribution is 0.00653. The van der Waals surface area contributed by atoms with Gasteiger partial charge in [0.2, 0.25) is 0 Å². The number of piperazine rings is 1. The first-order valence-corrected chi connectivity index (χ1v) is 11.5. The van der Waals surface area contributed by atoms with Gasteiger partial charge in [0.05, 0.1) is 12.3 Å². The van der Waals surface area contributed by atoms with Crippen molar-refractivity contribution in [2.45, 2.75) is 65.0 Å². The molecule has 0 spiro atoms. The number of hydrogen-bond acceptors (Lipinski definition) is 5. The second kappa shape index (κ2) is 9.65. The molecule has 29 heavy (non-hydrogen) atoms. The van der Waals surface area contributed by atoms with Crippen molar-refractivity contribution in [1.82, 2.24) is 14.8 Å². The molecule has 1 aromatic rings. The largest absolute Gasteiger partial charge is 0.491 e. The Bertz CT molecular complexity index is 691. The predicted molar refractivity (Wildman–Crippen MR) is 117 cm³/mol. The summed E-state index contributed by atoms with van der Waals surface area (Å²) in [6, 6.07) is 4.54. The number of ether oxygens (including phenoxy) is 2. The van der Waals surface area contributed by atoms with Gasteiger partial charge in [0.1, 0.15) is 16.0 Å². The van der Waals surface area contributed by atoms with Crippen LogP contribution in [-0.4, -0.2) is 65.3 Å². The second-order valence-electron chi connectivity index (χ2n) is 9.21. The molecule has 3 rings (SSSR count). The number of carbonyl (C=O) groups is 1. The van der Waals surface area contributed by atoms with E-state index in [0.29, 0.717) is 12.0 Å². The molecule has 1 aliphatic heterocycles. The third kappa shape index (κ3) is 6.57. The monoisotopic (exact) mass is 467 g/mol. The molecule has 2 aliphatic rings. The minimum atomic E-state index is -0.431. The SMILES string of the molecule is Cc1nc(Br)ccc1OCC1CCC(N2CCN(C(=O)OC(C)(C)C)CC2)CC1. The van der Waals surface area contributed by atoms with Crippen LogP contribution in [0.1, 0.15) is 52.1 Å². The van der Waals surface area contributed by atoms with E-state index in [1.165, 1.54) is 25.7 Å².